The lowest BCUT2D eigenvalue weighted by Gasteiger charge is -2.37. The summed E-state index contributed by atoms with van der Waals surface area (Å²) < 4.78 is 14.0. The van der Waals surface area contributed by atoms with E-state index in [9.17, 15) is 14.3 Å². The Morgan fingerprint density at radius 3 is 2.87 bits per heavy atom. The second-order valence-corrected chi connectivity index (χ2v) is 7.15. The van der Waals surface area contributed by atoms with Crippen molar-refractivity contribution < 1.29 is 14.3 Å². The van der Waals surface area contributed by atoms with Crippen LogP contribution in [-0.4, -0.2) is 35.2 Å². The maximum Gasteiger partial charge on any atom is 0.317 e. The molecule has 1 aliphatic carbocycles. The number of nitrogens with zero attached hydrogens (tertiary/aromatic N) is 1. The predicted octanol–water partition coefficient (Wildman–Crippen LogP) is 2.86. The topological polar surface area (TPSA) is 52.6 Å². The van der Waals surface area contributed by atoms with E-state index in [1.54, 1.807) is 11.0 Å². The molecule has 2 N–H and O–H groups in total. The molecule has 1 fully saturated rings. The maximum absolute atomic E-state index is 14.0. The Morgan fingerprint density at radius 2 is 2.13 bits per heavy atom. The predicted molar refractivity (Wildman–Crippen MR) is 86.5 cm³/mol. The molecule has 5 heteroatoms. The van der Waals surface area contributed by atoms with Crippen molar-refractivity contribution in [3.05, 3.63) is 35.1 Å². The van der Waals surface area contributed by atoms with Gasteiger partial charge in [0, 0.05) is 13.1 Å². The zero-order chi connectivity index (χ0) is 16.6. The highest BCUT2D eigenvalue weighted by molar-refractivity contribution is 5.75. The molecule has 0 saturated carbocycles. The molecule has 3 rings (SSSR count). The highest BCUT2D eigenvalue weighted by Crippen LogP contribution is 2.35. The minimum atomic E-state index is -0.460. The summed E-state index contributed by atoms with van der Waals surface area (Å²) in [7, 11) is 0. The molecule has 0 bridgehead atoms. The number of β-amino-alcohol motifs (C(OH)–C–C–N with tert-alkyl or cyclic N) is 1. The van der Waals surface area contributed by atoms with Gasteiger partial charge in [0.1, 0.15) is 5.82 Å². The lowest BCUT2D eigenvalue weighted by Crippen LogP contribution is -2.51. The van der Waals surface area contributed by atoms with Crippen molar-refractivity contribution in [2.45, 2.75) is 45.3 Å². The Hall–Kier alpha value is -1.62. The van der Waals surface area contributed by atoms with E-state index < -0.39 is 6.10 Å². The van der Waals surface area contributed by atoms with Crippen LogP contribution in [-0.2, 0) is 6.42 Å². The van der Waals surface area contributed by atoms with Gasteiger partial charge in [-0.3, -0.25) is 0 Å². The average Bonchev–Trinajstić information content (AvgIpc) is 2.49. The van der Waals surface area contributed by atoms with Gasteiger partial charge in [-0.1, -0.05) is 26.0 Å². The van der Waals surface area contributed by atoms with Crippen LogP contribution in [0, 0.1) is 17.7 Å². The third-order valence-electron chi connectivity index (χ3n) is 5.11. The van der Waals surface area contributed by atoms with Crippen molar-refractivity contribution in [3.63, 3.8) is 0 Å². The monoisotopic (exact) mass is 320 g/mol. The van der Waals surface area contributed by atoms with Gasteiger partial charge in [0.15, 0.2) is 0 Å². The molecule has 1 aromatic carbocycles. The Balaban J connectivity index is 1.77. The molecule has 1 aromatic rings. The first-order valence-corrected chi connectivity index (χ1v) is 8.46. The fourth-order valence-corrected chi connectivity index (χ4v) is 3.90. The molecule has 23 heavy (non-hydrogen) atoms. The largest absolute Gasteiger partial charge is 0.391 e. The zero-order valence-corrected chi connectivity index (χ0v) is 13.8. The molecule has 0 aromatic heterocycles. The van der Waals surface area contributed by atoms with Gasteiger partial charge >= 0.3 is 6.03 Å². The lowest BCUT2D eigenvalue weighted by molar-refractivity contribution is 0.0588. The first-order chi connectivity index (χ1) is 11.0. The molecule has 1 aliphatic heterocycles. The van der Waals surface area contributed by atoms with Gasteiger partial charge in [-0.2, -0.15) is 0 Å². The number of piperidine rings is 1. The molecule has 0 spiro atoms. The highest BCUT2D eigenvalue weighted by Gasteiger charge is 2.32. The quantitative estimate of drug-likeness (QED) is 0.836. The van der Waals surface area contributed by atoms with Crippen molar-refractivity contribution in [3.8, 4) is 0 Å². The minimum absolute atomic E-state index is 0.162. The summed E-state index contributed by atoms with van der Waals surface area (Å²) in [5.41, 5.74) is 1.62. The third-order valence-corrected chi connectivity index (χ3v) is 5.11. The smallest absolute Gasteiger partial charge is 0.317 e. The van der Waals surface area contributed by atoms with E-state index in [0.717, 1.165) is 30.4 Å². The van der Waals surface area contributed by atoms with E-state index in [1.807, 2.05) is 13.0 Å². The SMILES string of the molecule is CC1CCc2c(F)cccc2C1NC(=O)N1C[C@H](C)C[C@H](O)C1. The Kier molecular flexibility index (Phi) is 4.57. The number of fused-ring (bicyclic) bond motifs is 1. The first kappa shape index (κ1) is 16.2. The highest BCUT2D eigenvalue weighted by atomic mass is 19.1. The first-order valence-electron chi connectivity index (χ1n) is 8.46. The lowest BCUT2D eigenvalue weighted by atomic mass is 9.80. The van der Waals surface area contributed by atoms with Crippen LogP contribution in [0.2, 0.25) is 0 Å². The van der Waals surface area contributed by atoms with Crippen molar-refractivity contribution in [2.75, 3.05) is 13.1 Å². The second-order valence-electron chi connectivity index (χ2n) is 7.15. The van der Waals surface area contributed by atoms with Crippen molar-refractivity contribution >= 4 is 6.03 Å². The van der Waals surface area contributed by atoms with E-state index in [1.165, 1.54) is 6.07 Å². The Bertz CT molecular complexity index is 582. The van der Waals surface area contributed by atoms with E-state index in [4.69, 9.17) is 0 Å². The fourth-order valence-electron chi connectivity index (χ4n) is 3.90. The number of hydrogen-bond acceptors (Lipinski definition) is 2. The summed E-state index contributed by atoms with van der Waals surface area (Å²) in [6.07, 6.45) is 1.85. The third kappa shape index (κ3) is 3.34. The molecule has 4 nitrogen and oxygen atoms in total. The summed E-state index contributed by atoms with van der Waals surface area (Å²) in [5, 5.41) is 13.0. The van der Waals surface area contributed by atoms with Crippen LogP contribution in [0.25, 0.3) is 0 Å². The van der Waals surface area contributed by atoms with Crippen LogP contribution in [0.15, 0.2) is 18.2 Å². The molecule has 0 radical (unpaired) electrons. The molecule has 126 valence electrons. The van der Waals surface area contributed by atoms with Gasteiger partial charge in [0.2, 0.25) is 0 Å². The number of urea groups is 1. The van der Waals surface area contributed by atoms with Crippen LogP contribution in [0.1, 0.15) is 43.9 Å². The number of benzene rings is 1. The summed E-state index contributed by atoms with van der Waals surface area (Å²) in [4.78, 5) is 14.3. The number of carbonyl (C=O) groups excluding carboxylic acids is 1. The number of aliphatic hydroxyl groups excluding tert-OH is 1. The van der Waals surface area contributed by atoms with Gasteiger partial charge < -0.3 is 15.3 Å². The van der Waals surface area contributed by atoms with E-state index >= 15 is 0 Å². The van der Waals surface area contributed by atoms with E-state index in [2.05, 4.69) is 12.2 Å². The van der Waals surface area contributed by atoms with E-state index in [-0.39, 0.29) is 29.7 Å². The summed E-state index contributed by atoms with van der Waals surface area (Å²) in [6.45, 7) is 5.15. The Morgan fingerprint density at radius 1 is 1.35 bits per heavy atom. The number of likely N-dealkylation sites (tertiary alicyclic amines) is 1. The number of hydrogen-bond donors (Lipinski definition) is 2. The van der Waals surface area contributed by atoms with Crippen molar-refractivity contribution in [2.24, 2.45) is 11.8 Å². The fraction of sp³-hybridized carbons (Fsp3) is 0.611. The zero-order valence-electron chi connectivity index (χ0n) is 13.8. The summed E-state index contributed by atoms with van der Waals surface area (Å²) in [6, 6.07) is 4.77. The van der Waals surface area contributed by atoms with Crippen LogP contribution in [0.4, 0.5) is 9.18 Å². The minimum Gasteiger partial charge on any atom is -0.391 e. The molecular formula is C18H25FN2O2. The second kappa shape index (κ2) is 6.48. The number of aliphatic hydroxyl groups is 1. The summed E-state index contributed by atoms with van der Waals surface area (Å²) in [5.74, 6) is 0.370. The number of halogens is 1. The van der Waals surface area contributed by atoms with Crippen LogP contribution < -0.4 is 5.32 Å². The molecular weight excluding hydrogens is 295 g/mol. The number of nitrogens with one attached hydrogen (secondary N) is 1. The maximum atomic E-state index is 14.0. The molecule has 1 saturated heterocycles. The summed E-state index contributed by atoms with van der Waals surface area (Å²) >= 11 is 0. The van der Waals surface area contributed by atoms with E-state index in [0.29, 0.717) is 13.1 Å². The van der Waals surface area contributed by atoms with Gasteiger partial charge in [-0.05, 0) is 48.3 Å². The van der Waals surface area contributed by atoms with Gasteiger partial charge in [0.25, 0.3) is 0 Å². The molecule has 1 heterocycles. The standard InChI is InChI=1S/C18H25FN2O2/c1-11-8-13(22)10-21(9-11)18(23)20-17-12(2)6-7-14-15(17)4-3-5-16(14)19/h3-5,11-13,17,22H,6-10H2,1-2H3,(H,20,23)/t11-,12?,13+,17?/m1/s1. The van der Waals surface area contributed by atoms with Crippen LogP contribution in [0.5, 0.6) is 0 Å². The van der Waals surface area contributed by atoms with Crippen molar-refractivity contribution in [1.29, 1.82) is 0 Å². The van der Waals surface area contributed by atoms with Crippen molar-refractivity contribution in [1.82, 2.24) is 10.2 Å². The molecule has 2 unspecified atom stereocenters. The normalized spacial score (nSPS) is 30.7. The van der Waals surface area contributed by atoms with Gasteiger partial charge in [-0.25, -0.2) is 9.18 Å². The van der Waals surface area contributed by atoms with Crippen LogP contribution in [0.3, 0.4) is 0 Å². The molecule has 2 amide bonds. The molecule has 2 aliphatic rings. The van der Waals surface area contributed by atoms with Gasteiger partial charge in [-0.15, -0.1) is 0 Å². The Labute approximate surface area is 136 Å². The van der Waals surface area contributed by atoms with Crippen LogP contribution >= 0.6 is 0 Å². The van der Waals surface area contributed by atoms with Gasteiger partial charge in [0.05, 0.1) is 12.1 Å². The number of amides is 2. The number of rotatable bonds is 1. The molecule has 4 atom stereocenters. The number of carbonyl (C=O) groups is 1. The average molecular weight is 320 g/mol.